The van der Waals surface area contributed by atoms with Gasteiger partial charge in [-0.15, -0.1) is 0 Å². The van der Waals surface area contributed by atoms with Crippen molar-refractivity contribution in [2.24, 2.45) is 0 Å². The van der Waals surface area contributed by atoms with Crippen LogP contribution in [0.3, 0.4) is 0 Å². The maximum atomic E-state index is 5.96. The van der Waals surface area contributed by atoms with E-state index in [4.69, 9.17) is 9.47 Å². The molecule has 0 spiro atoms. The van der Waals surface area contributed by atoms with Crippen LogP contribution in [0.1, 0.15) is 5.69 Å². The van der Waals surface area contributed by atoms with Crippen molar-refractivity contribution >= 4 is 10.9 Å². The zero-order chi connectivity index (χ0) is 17.6. The molecule has 0 atom stereocenters. The number of benzene rings is 2. The normalized spacial score (nSPS) is 11.2. The van der Waals surface area contributed by atoms with E-state index in [0.29, 0.717) is 0 Å². The van der Waals surface area contributed by atoms with Gasteiger partial charge < -0.3 is 14.8 Å². The fourth-order valence-corrected chi connectivity index (χ4v) is 2.65. The Balaban J connectivity index is 1.77. The molecule has 0 saturated carbocycles. The summed E-state index contributed by atoms with van der Waals surface area (Å²) in [5.74, 6) is 2.37. The van der Waals surface area contributed by atoms with Gasteiger partial charge in [-0.3, -0.25) is 10.00 Å². The number of nitrogens with zero attached hydrogens (tertiary/aromatic N) is 2. The lowest BCUT2D eigenvalue weighted by Crippen LogP contribution is -2.27. The van der Waals surface area contributed by atoms with Crippen LogP contribution in [0.5, 0.6) is 17.2 Å². The topological polar surface area (TPSA) is 62.4 Å². The van der Waals surface area contributed by atoms with Crippen LogP contribution in [0.25, 0.3) is 10.9 Å². The highest BCUT2D eigenvalue weighted by molar-refractivity contribution is 5.82. The Bertz CT molecular complexity index is 814. The molecule has 1 heterocycles. The Labute approximate surface area is 147 Å². The number of methoxy groups -OCH3 is 1. The highest BCUT2D eigenvalue weighted by Gasteiger charge is 2.10. The van der Waals surface area contributed by atoms with E-state index < -0.39 is 0 Å². The van der Waals surface area contributed by atoms with E-state index in [1.54, 1.807) is 7.11 Å². The van der Waals surface area contributed by atoms with Gasteiger partial charge in [0.1, 0.15) is 17.2 Å². The molecule has 3 aromatic rings. The summed E-state index contributed by atoms with van der Waals surface area (Å²) in [7, 11) is 5.70. The van der Waals surface area contributed by atoms with Gasteiger partial charge >= 0.3 is 0 Å². The van der Waals surface area contributed by atoms with Gasteiger partial charge in [0.05, 0.1) is 18.3 Å². The quantitative estimate of drug-likeness (QED) is 0.660. The molecule has 0 radical (unpaired) electrons. The van der Waals surface area contributed by atoms with Gasteiger partial charge in [-0.25, -0.2) is 0 Å². The fraction of sp³-hybridized carbons (Fsp3) is 0.316. The first-order valence-corrected chi connectivity index (χ1v) is 8.31. The third kappa shape index (κ3) is 4.29. The summed E-state index contributed by atoms with van der Waals surface area (Å²) in [6.07, 6.45) is 0. The number of aromatic nitrogens is 2. The number of aromatic amines is 1. The van der Waals surface area contributed by atoms with Crippen molar-refractivity contribution in [1.29, 1.82) is 0 Å². The third-order valence-electron chi connectivity index (χ3n) is 4.07. The largest absolute Gasteiger partial charge is 0.497 e. The van der Waals surface area contributed by atoms with Gasteiger partial charge in [0, 0.05) is 25.0 Å². The zero-order valence-electron chi connectivity index (χ0n) is 14.9. The lowest BCUT2D eigenvalue weighted by molar-refractivity contribution is 0.325. The highest BCUT2D eigenvalue weighted by Crippen LogP contribution is 2.28. The smallest absolute Gasteiger partial charge is 0.128 e. The van der Waals surface area contributed by atoms with Gasteiger partial charge in [0.25, 0.3) is 0 Å². The molecule has 0 amide bonds. The Kier molecular flexibility index (Phi) is 5.53. The third-order valence-corrected chi connectivity index (χ3v) is 4.07. The van der Waals surface area contributed by atoms with E-state index >= 15 is 0 Å². The number of nitrogens with one attached hydrogen (secondary N) is 2. The van der Waals surface area contributed by atoms with Crippen LogP contribution >= 0.6 is 0 Å². The first-order chi connectivity index (χ1) is 12.2. The number of hydrogen-bond acceptors (Lipinski definition) is 5. The van der Waals surface area contributed by atoms with E-state index in [2.05, 4.69) is 27.5 Å². The van der Waals surface area contributed by atoms with Gasteiger partial charge in [-0.2, -0.15) is 5.10 Å². The summed E-state index contributed by atoms with van der Waals surface area (Å²) in [6, 6.07) is 13.5. The first kappa shape index (κ1) is 17.3. The average molecular weight is 340 g/mol. The van der Waals surface area contributed by atoms with Crippen LogP contribution in [0, 0.1) is 0 Å². The predicted molar refractivity (Wildman–Crippen MR) is 99.4 cm³/mol. The summed E-state index contributed by atoms with van der Waals surface area (Å²) in [5.41, 5.74) is 2.04. The minimum absolute atomic E-state index is 0.774. The van der Waals surface area contributed by atoms with E-state index in [-0.39, 0.29) is 0 Å². The van der Waals surface area contributed by atoms with Crippen LogP contribution in [-0.2, 0) is 6.54 Å². The second kappa shape index (κ2) is 8.00. The van der Waals surface area contributed by atoms with E-state index in [1.807, 2.05) is 49.5 Å². The van der Waals surface area contributed by atoms with Crippen LogP contribution in [0.15, 0.2) is 42.5 Å². The van der Waals surface area contributed by atoms with Crippen molar-refractivity contribution < 1.29 is 9.47 Å². The number of hydrogen-bond donors (Lipinski definition) is 2. The van der Waals surface area contributed by atoms with Crippen molar-refractivity contribution in [3.8, 4) is 17.2 Å². The van der Waals surface area contributed by atoms with Gasteiger partial charge in [-0.1, -0.05) is 0 Å². The summed E-state index contributed by atoms with van der Waals surface area (Å²) in [5, 5.41) is 11.8. The molecule has 25 heavy (non-hydrogen) atoms. The van der Waals surface area contributed by atoms with Crippen LogP contribution in [0.4, 0.5) is 0 Å². The molecule has 0 bridgehead atoms. The van der Waals surface area contributed by atoms with Crippen molar-refractivity contribution in [2.45, 2.75) is 6.54 Å². The molecule has 2 N–H and O–H groups in total. The second-order valence-electron chi connectivity index (χ2n) is 6.00. The number of likely N-dealkylation sites (N-methyl/N-ethyl adjacent to an activating group) is 2. The van der Waals surface area contributed by atoms with E-state index in [0.717, 1.165) is 53.5 Å². The van der Waals surface area contributed by atoms with Gasteiger partial charge in [0.15, 0.2) is 0 Å². The Hall–Kier alpha value is -2.57. The molecule has 132 valence electrons. The number of ether oxygens (including phenoxy) is 2. The standard InChI is InChI=1S/C19H24N4O2/c1-20-10-11-23(2)13-19-17-12-16(8-9-18(17)21-22-19)25-15-6-4-14(24-3)5-7-15/h4-9,12,20H,10-11,13H2,1-3H3,(H,21,22). The molecule has 6 nitrogen and oxygen atoms in total. The Morgan fingerprint density at radius 3 is 2.52 bits per heavy atom. The monoisotopic (exact) mass is 340 g/mol. The maximum absolute atomic E-state index is 5.96. The summed E-state index contributed by atoms with van der Waals surface area (Å²) < 4.78 is 11.1. The second-order valence-corrected chi connectivity index (χ2v) is 6.00. The lowest BCUT2D eigenvalue weighted by Gasteiger charge is -2.15. The molecule has 1 aromatic heterocycles. The number of rotatable bonds is 8. The van der Waals surface area contributed by atoms with Gasteiger partial charge in [-0.05, 0) is 56.6 Å². The summed E-state index contributed by atoms with van der Waals surface area (Å²) >= 11 is 0. The molecule has 3 rings (SSSR count). The molecule has 0 aliphatic heterocycles. The van der Waals surface area contributed by atoms with Crippen molar-refractivity contribution in [3.63, 3.8) is 0 Å². The molecule has 2 aromatic carbocycles. The maximum Gasteiger partial charge on any atom is 0.128 e. The van der Waals surface area contributed by atoms with Gasteiger partial charge in [0.2, 0.25) is 0 Å². The molecular formula is C19H24N4O2. The Morgan fingerprint density at radius 2 is 1.80 bits per heavy atom. The van der Waals surface area contributed by atoms with Crippen molar-refractivity contribution in [1.82, 2.24) is 20.4 Å². The molecule has 0 aliphatic rings. The summed E-state index contributed by atoms with van der Waals surface area (Å²) in [6.45, 7) is 2.70. The first-order valence-electron chi connectivity index (χ1n) is 8.31. The molecular weight excluding hydrogens is 316 g/mol. The summed E-state index contributed by atoms with van der Waals surface area (Å²) in [4.78, 5) is 2.24. The lowest BCUT2D eigenvalue weighted by atomic mass is 10.2. The number of fused-ring (bicyclic) bond motifs is 1. The SMILES string of the molecule is CNCCN(C)Cc1n[nH]c2ccc(Oc3ccc(OC)cc3)cc12. The average Bonchev–Trinajstić information content (AvgIpc) is 3.03. The van der Waals surface area contributed by atoms with Crippen LogP contribution in [0.2, 0.25) is 0 Å². The molecule has 0 saturated heterocycles. The minimum Gasteiger partial charge on any atom is -0.497 e. The molecule has 0 fully saturated rings. The molecule has 0 aliphatic carbocycles. The molecule has 0 unspecified atom stereocenters. The number of H-pyrrole nitrogens is 1. The van der Waals surface area contributed by atoms with Crippen molar-refractivity contribution in [2.75, 3.05) is 34.3 Å². The minimum atomic E-state index is 0.774. The molecule has 6 heteroatoms. The van der Waals surface area contributed by atoms with Crippen molar-refractivity contribution in [3.05, 3.63) is 48.2 Å². The zero-order valence-corrected chi connectivity index (χ0v) is 14.9. The Morgan fingerprint density at radius 1 is 1.08 bits per heavy atom. The van der Waals surface area contributed by atoms with E-state index in [1.165, 1.54) is 0 Å². The van der Waals surface area contributed by atoms with Crippen LogP contribution in [-0.4, -0.2) is 49.4 Å². The van der Waals surface area contributed by atoms with E-state index in [9.17, 15) is 0 Å². The highest BCUT2D eigenvalue weighted by atomic mass is 16.5. The predicted octanol–water partition coefficient (Wildman–Crippen LogP) is 3.02. The fourth-order valence-electron chi connectivity index (χ4n) is 2.65. The van der Waals surface area contributed by atoms with Crippen LogP contribution < -0.4 is 14.8 Å².